The predicted molar refractivity (Wildman–Crippen MR) is 84.5 cm³/mol. The zero-order valence-corrected chi connectivity index (χ0v) is 13.5. The molecule has 0 atom stereocenters. The molecule has 22 heavy (non-hydrogen) atoms. The molecule has 0 spiro atoms. The van der Waals surface area contributed by atoms with E-state index >= 15 is 0 Å². The lowest BCUT2D eigenvalue weighted by atomic mass is 10.1. The fraction of sp³-hybridized carbons (Fsp3) is 0.571. The van der Waals surface area contributed by atoms with Crippen molar-refractivity contribution in [3.63, 3.8) is 0 Å². The summed E-state index contributed by atoms with van der Waals surface area (Å²) in [4.78, 5) is 6.69. The standard InChI is InChI=1S/C14H20N6OS/c1-17-14(22)20(10-9-18-6-3-2-4-7-18)13(16-17)12-11-19(21)8-5-15-12/h5,8,11H,2-4,6-7,9-10H2,1H3. The van der Waals surface area contributed by atoms with Crippen LogP contribution in [-0.2, 0) is 13.6 Å². The Balaban J connectivity index is 1.85. The summed E-state index contributed by atoms with van der Waals surface area (Å²) in [6.45, 7) is 3.99. The summed E-state index contributed by atoms with van der Waals surface area (Å²) in [5, 5.41) is 15.9. The molecule has 0 aromatic carbocycles. The molecule has 1 aliphatic rings. The third-order valence-corrected chi connectivity index (χ3v) is 4.49. The molecular formula is C14H20N6OS. The van der Waals surface area contributed by atoms with E-state index in [-0.39, 0.29) is 0 Å². The van der Waals surface area contributed by atoms with Crippen molar-refractivity contribution in [3.8, 4) is 11.5 Å². The van der Waals surface area contributed by atoms with Gasteiger partial charge in [0.15, 0.2) is 22.5 Å². The first-order chi connectivity index (χ1) is 10.6. The second kappa shape index (κ2) is 6.53. The molecule has 0 aliphatic carbocycles. The molecule has 118 valence electrons. The molecule has 0 radical (unpaired) electrons. The fourth-order valence-corrected chi connectivity index (χ4v) is 3.03. The van der Waals surface area contributed by atoms with Gasteiger partial charge in [0.25, 0.3) is 0 Å². The van der Waals surface area contributed by atoms with E-state index in [0.29, 0.717) is 16.3 Å². The van der Waals surface area contributed by atoms with E-state index in [4.69, 9.17) is 12.2 Å². The summed E-state index contributed by atoms with van der Waals surface area (Å²) in [6.07, 6.45) is 8.12. The van der Waals surface area contributed by atoms with Gasteiger partial charge in [-0.15, -0.1) is 5.10 Å². The highest BCUT2D eigenvalue weighted by Gasteiger charge is 2.16. The Morgan fingerprint density at radius 3 is 2.77 bits per heavy atom. The molecule has 2 aromatic heterocycles. The van der Waals surface area contributed by atoms with Crippen LogP contribution in [0.1, 0.15) is 19.3 Å². The van der Waals surface area contributed by atoms with Crippen molar-refractivity contribution in [1.82, 2.24) is 24.2 Å². The summed E-state index contributed by atoms with van der Waals surface area (Å²) >= 11 is 5.45. The van der Waals surface area contributed by atoms with Crippen LogP contribution in [0, 0.1) is 9.98 Å². The van der Waals surface area contributed by atoms with Gasteiger partial charge in [-0.3, -0.25) is 4.57 Å². The quantitative estimate of drug-likeness (QED) is 0.480. The van der Waals surface area contributed by atoms with Crippen molar-refractivity contribution in [3.05, 3.63) is 28.6 Å². The Morgan fingerprint density at radius 2 is 2.05 bits per heavy atom. The van der Waals surface area contributed by atoms with E-state index in [2.05, 4.69) is 15.0 Å². The van der Waals surface area contributed by atoms with Gasteiger partial charge in [0.05, 0.1) is 6.20 Å². The summed E-state index contributed by atoms with van der Waals surface area (Å²) in [6, 6.07) is 0. The van der Waals surface area contributed by atoms with Crippen molar-refractivity contribution in [2.24, 2.45) is 7.05 Å². The number of aryl methyl sites for hydroxylation is 1. The van der Waals surface area contributed by atoms with Crippen LogP contribution in [0.15, 0.2) is 18.6 Å². The Morgan fingerprint density at radius 1 is 1.27 bits per heavy atom. The minimum Gasteiger partial charge on any atom is -0.619 e. The molecule has 1 aliphatic heterocycles. The maximum atomic E-state index is 11.5. The van der Waals surface area contributed by atoms with Crippen LogP contribution >= 0.6 is 12.2 Å². The van der Waals surface area contributed by atoms with Gasteiger partial charge in [-0.2, -0.15) is 4.73 Å². The lowest BCUT2D eigenvalue weighted by molar-refractivity contribution is -0.605. The van der Waals surface area contributed by atoms with Gasteiger partial charge >= 0.3 is 0 Å². The fourth-order valence-electron chi connectivity index (χ4n) is 2.81. The highest BCUT2D eigenvalue weighted by Crippen LogP contribution is 2.15. The maximum Gasteiger partial charge on any atom is 0.210 e. The molecule has 7 nitrogen and oxygen atoms in total. The minimum absolute atomic E-state index is 0.544. The second-order valence-electron chi connectivity index (χ2n) is 5.59. The molecule has 0 saturated carbocycles. The van der Waals surface area contributed by atoms with Crippen LogP contribution < -0.4 is 4.73 Å². The van der Waals surface area contributed by atoms with E-state index in [0.717, 1.165) is 30.9 Å². The Kier molecular flexibility index (Phi) is 4.49. The van der Waals surface area contributed by atoms with E-state index in [1.54, 1.807) is 4.68 Å². The van der Waals surface area contributed by atoms with Gasteiger partial charge in [-0.05, 0) is 38.1 Å². The van der Waals surface area contributed by atoms with Crippen LogP contribution in [0.5, 0.6) is 0 Å². The van der Waals surface area contributed by atoms with E-state index < -0.39 is 0 Å². The number of likely N-dealkylation sites (tertiary alicyclic amines) is 1. The zero-order valence-electron chi connectivity index (χ0n) is 12.7. The predicted octanol–water partition coefficient (Wildman–Crippen LogP) is 1.13. The van der Waals surface area contributed by atoms with E-state index in [1.807, 2.05) is 11.6 Å². The van der Waals surface area contributed by atoms with E-state index in [1.165, 1.54) is 37.9 Å². The van der Waals surface area contributed by atoms with Crippen molar-refractivity contribution < 1.29 is 4.73 Å². The normalized spacial score (nSPS) is 16.0. The molecule has 1 saturated heterocycles. The van der Waals surface area contributed by atoms with Crippen molar-refractivity contribution in [1.29, 1.82) is 0 Å². The summed E-state index contributed by atoms with van der Waals surface area (Å²) in [5.41, 5.74) is 0.544. The molecule has 1 fully saturated rings. The Bertz CT molecular complexity index is 704. The first kappa shape index (κ1) is 15.1. The molecule has 3 heterocycles. The summed E-state index contributed by atoms with van der Waals surface area (Å²) in [7, 11) is 1.82. The topological polar surface area (TPSA) is 65.8 Å². The van der Waals surface area contributed by atoms with Crippen molar-refractivity contribution in [2.75, 3.05) is 19.6 Å². The molecule has 0 N–H and O–H groups in total. The number of nitrogens with zero attached hydrogens (tertiary/aromatic N) is 6. The maximum absolute atomic E-state index is 11.5. The van der Waals surface area contributed by atoms with Crippen LogP contribution in [0.4, 0.5) is 0 Å². The number of hydrogen-bond donors (Lipinski definition) is 0. The highest BCUT2D eigenvalue weighted by molar-refractivity contribution is 7.71. The van der Waals surface area contributed by atoms with Gasteiger partial charge < -0.3 is 10.1 Å². The Hall–Kier alpha value is -1.80. The molecule has 8 heteroatoms. The van der Waals surface area contributed by atoms with Gasteiger partial charge in [-0.1, -0.05) is 6.42 Å². The Labute approximate surface area is 134 Å². The number of rotatable bonds is 4. The third kappa shape index (κ3) is 3.17. The first-order valence-electron chi connectivity index (χ1n) is 7.56. The number of aromatic nitrogens is 5. The number of piperidine rings is 1. The van der Waals surface area contributed by atoms with Crippen LogP contribution in [0.2, 0.25) is 0 Å². The zero-order chi connectivity index (χ0) is 15.5. The molecule has 0 amide bonds. The van der Waals surface area contributed by atoms with Gasteiger partial charge in [-0.25, -0.2) is 9.67 Å². The van der Waals surface area contributed by atoms with Crippen LogP contribution in [-0.4, -0.2) is 43.9 Å². The highest BCUT2D eigenvalue weighted by atomic mass is 32.1. The lowest BCUT2D eigenvalue weighted by Gasteiger charge is -2.26. The van der Waals surface area contributed by atoms with E-state index in [9.17, 15) is 5.21 Å². The third-order valence-electron chi connectivity index (χ3n) is 4.00. The first-order valence-corrected chi connectivity index (χ1v) is 7.97. The van der Waals surface area contributed by atoms with Gasteiger partial charge in [0.1, 0.15) is 0 Å². The van der Waals surface area contributed by atoms with Crippen molar-refractivity contribution in [2.45, 2.75) is 25.8 Å². The molecule has 0 unspecified atom stereocenters. The number of hydrogen-bond acceptors (Lipinski definition) is 5. The van der Waals surface area contributed by atoms with Crippen LogP contribution in [0.25, 0.3) is 11.5 Å². The molecule has 0 bridgehead atoms. The van der Waals surface area contributed by atoms with Crippen LogP contribution in [0.3, 0.4) is 0 Å². The SMILES string of the molecule is Cn1nc(-c2c[n+]([O-])ccn2)n(CCN2CCCCC2)c1=S. The monoisotopic (exact) mass is 320 g/mol. The lowest BCUT2D eigenvalue weighted by Crippen LogP contribution is -2.32. The minimum atomic E-state index is 0.544. The van der Waals surface area contributed by atoms with Gasteiger partial charge in [0, 0.05) is 20.1 Å². The molecule has 2 aromatic rings. The van der Waals surface area contributed by atoms with Gasteiger partial charge in [0.2, 0.25) is 6.20 Å². The van der Waals surface area contributed by atoms with Crippen molar-refractivity contribution >= 4 is 12.2 Å². The average Bonchev–Trinajstić information content (AvgIpc) is 2.82. The molecule has 3 rings (SSSR count). The summed E-state index contributed by atoms with van der Waals surface area (Å²) in [5.74, 6) is 0.648. The summed E-state index contributed by atoms with van der Waals surface area (Å²) < 4.78 is 5.00. The smallest absolute Gasteiger partial charge is 0.210 e. The molecular weight excluding hydrogens is 300 g/mol. The second-order valence-corrected chi connectivity index (χ2v) is 5.95. The largest absolute Gasteiger partial charge is 0.619 e. The average molecular weight is 320 g/mol.